The highest BCUT2D eigenvalue weighted by atomic mass is 19.1. The van der Waals surface area contributed by atoms with E-state index in [-0.39, 0.29) is 30.0 Å². The highest BCUT2D eigenvalue weighted by molar-refractivity contribution is 5.93. The molecule has 0 saturated carbocycles. The fourth-order valence-corrected chi connectivity index (χ4v) is 5.61. The number of esters is 1. The van der Waals surface area contributed by atoms with Crippen molar-refractivity contribution in [2.75, 3.05) is 0 Å². The number of nitrogens with zero attached hydrogens (tertiary/aromatic N) is 2. The summed E-state index contributed by atoms with van der Waals surface area (Å²) in [7, 11) is 0. The van der Waals surface area contributed by atoms with Crippen molar-refractivity contribution in [1.82, 2.24) is 9.55 Å². The Hall–Kier alpha value is -3.06. The second-order valence-corrected chi connectivity index (χ2v) is 8.78. The summed E-state index contributed by atoms with van der Waals surface area (Å²) in [4.78, 5) is 30.5. The number of fused-ring (bicyclic) bond motifs is 5. The van der Waals surface area contributed by atoms with Gasteiger partial charge in [0.2, 0.25) is 0 Å². The molecule has 0 radical (unpaired) electrons. The zero-order valence-electron chi connectivity index (χ0n) is 17.4. The van der Waals surface area contributed by atoms with Crippen molar-refractivity contribution in [1.29, 1.82) is 0 Å². The maximum atomic E-state index is 14.6. The van der Waals surface area contributed by atoms with Crippen molar-refractivity contribution >= 4 is 16.9 Å². The van der Waals surface area contributed by atoms with Gasteiger partial charge < -0.3 is 15.0 Å². The smallest absolute Gasteiger partial charge is 0.313 e. The molecule has 4 heterocycles. The Labute approximate surface area is 177 Å². The average Bonchev–Trinajstić information content (AvgIpc) is 3.11. The lowest BCUT2D eigenvalue weighted by atomic mass is 9.82. The Morgan fingerprint density at radius 1 is 1.26 bits per heavy atom. The van der Waals surface area contributed by atoms with Crippen LogP contribution in [0.3, 0.4) is 0 Å². The third-order valence-electron chi connectivity index (χ3n) is 7.24. The number of pyridine rings is 2. The lowest BCUT2D eigenvalue weighted by molar-refractivity contribution is -0.148. The quantitative estimate of drug-likeness (QED) is 0.478. The highest BCUT2D eigenvalue weighted by Crippen LogP contribution is 2.44. The van der Waals surface area contributed by atoms with Crippen LogP contribution in [-0.4, -0.2) is 15.5 Å². The lowest BCUT2D eigenvalue weighted by Crippen LogP contribution is -2.32. The third kappa shape index (κ3) is 2.32. The SMILES string of the molecule is CC[C@@H]1C(=O)OCc2c1cc1n(c2=O)Cc2c-1nc1cc(F)c(C)c3c1c2[C@@H](N)CC3. The number of rotatable bonds is 1. The predicted octanol–water partition coefficient (Wildman–Crippen LogP) is 3.37. The molecule has 7 heteroatoms. The summed E-state index contributed by atoms with van der Waals surface area (Å²) in [5, 5.41) is 0.937. The van der Waals surface area contributed by atoms with Gasteiger partial charge in [-0.2, -0.15) is 0 Å². The highest BCUT2D eigenvalue weighted by Gasteiger charge is 2.36. The molecule has 2 aliphatic heterocycles. The van der Waals surface area contributed by atoms with Crippen LogP contribution in [0.15, 0.2) is 16.9 Å². The number of ether oxygens (including phenoxy) is 1. The van der Waals surface area contributed by atoms with E-state index in [0.29, 0.717) is 47.4 Å². The predicted molar refractivity (Wildman–Crippen MR) is 113 cm³/mol. The fourth-order valence-electron chi connectivity index (χ4n) is 5.61. The van der Waals surface area contributed by atoms with Gasteiger partial charge in [-0.15, -0.1) is 0 Å². The average molecular weight is 419 g/mol. The van der Waals surface area contributed by atoms with Crippen LogP contribution in [0.1, 0.15) is 65.1 Å². The summed E-state index contributed by atoms with van der Waals surface area (Å²) >= 11 is 0. The van der Waals surface area contributed by atoms with Crippen molar-refractivity contribution in [3.05, 3.63) is 61.7 Å². The van der Waals surface area contributed by atoms with E-state index in [1.165, 1.54) is 6.07 Å². The molecular weight excluding hydrogens is 397 g/mol. The van der Waals surface area contributed by atoms with Gasteiger partial charge in [0.05, 0.1) is 34.9 Å². The maximum Gasteiger partial charge on any atom is 0.313 e. The topological polar surface area (TPSA) is 87.2 Å². The van der Waals surface area contributed by atoms with Gasteiger partial charge in [0, 0.05) is 23.1 Å². The molecule has 0 unspecified atom stereocenters. The van der Waals surface area contributed by atoms with Crippen LogP contribution < -0.4 is 11.3 Å². The fraction of sp³-hybridized carbons (Fsp3) is 0.375. The van der Waals surface area contributed by atoms with E-state index >= 15 is 0 Å². The van der Waals surface area contributed by atoms with Crippen molar-refractivity contribution in [3.63, 3.8) is 0 Å². The Morgan fingerprint density at radius 3 is 2.84 bits per heavy atom. The molecule has 2 aromatic heterocycles. The third-order valence-corrected chi connectivity index (χ3v) is 7.24. The number of hydrogen-bond acceptors (Lipinski definition) is 5. The molecule has 1 aliphatic carbocycles. The van der Waals surface area contributed by atoms with Crippen LogP contribution in [0.2, 0.25) is 0 Å². The summed E-state index contributed by atoms with van der Waals surface area (Å²) in [6.45, 7) is 4.08. The van der Waals surface area contributed by atoms with Gasteiger partial charge in [-0.25, -0.2) is 9.37 Å². The first kappa shape index (κ1) is 18.7. The zero-order chi connectivity index (χ0) is 21.6. The Balaban J connectivity index is 1.69. The Morgan fingerprint density at radius 2 is 2.06 bits per heavy atom. The van der Waals surface area contributed by atoms with Crippen LogP contribution in [-0.2, 0) is 29.1 Å². The zero-order valence-corrected chi connectivity index (χ0v) is 17.4. The van der Waals surface area contributed by atoms with Crippen molar-refractivity contribution in [2.45, 2.75) is 58.2 Å². The molecule has 0 bridgehead atoms. The number of aromatic nitrogens is 2. The van der Waals surface area contributed by atoms with E-state index < -0.39 is 5.92 Å². The van der Waals surface area contributed by atoms with Gasteiger partial charge in [-0.3, -0.25) is 9.59 Å². The van der Waals surface area contributed by atoms with Gasteiger partial charge in [-0.1, -0.05) is 6.92 Å². The molecule has 0 amide bonds. The lowest BCUT2D eigenvalue weighted by Gasteiger charge is -2.26. The molecule has 2 atom stereocenters. The molecule has 6 rings (SSSR count). The molecule has 3 aliphatic rings. The molecule has 31 heavy (non-hydrogen) atoms. The summed E-state index contributed by atoms with van der Waals surface area (Å²) in [5.41, 5.74) is 13.1. The van der Waals surface area contributed by atoms with Crippen molar-refractivity contribution < 1.29 is 13.9 Å². The minimum Gasteiger partial charge on any atom is -0.460 e. The maximum absolute atomic E-state index is 14.6. The van der Waals surface area contributed by atoms with E-state index in [9.17, 15) is 14.0 Å². The van der Waals surface area contributed by atoms with Crippen LogP contribution >= 0.6 is 0 Å². The van der Waals surface area contributed by atoms with Gasteiger partial charge in [0.25, 0.3) is 5.56 Å². The van der Waals surface area contributed by atoms with E-state index in [1.807, 2.05) is 13.0 Å². The second kappa shape index (κ2) is 6.23. The molecule has 1 aromatic carbocycles. The van der Waals surface area contributed by atoms with Crippen LogP contribution in [0.4, 0.5) is 4.39 Å². The summed E-state index contributed by atoms with van der Waals surface area (Å²) < 4.78 is 21.6. The normalized spacial score (nSPS) is 21.0. The number of aryl methyl sites for hydroxylation is 1. The first-order chi connectivity index (χ1) is 14.9. The number of nitrogens with two attached hydrogens (primary N) is 1. The Bertz CT molecular complexity index is 1390. The minimum absolute atomic E-state index is 0.00352. The van der Waals surface area contributed by atoms with E-state index in [4.69, 9.17) is 15.5 Å². The first-order valence-corrected chi connectivity index (χ1v) is 10.7. The van der Waals surface area contributed by atoms with E-state index in [1.54, 1.807) is 11.5 Å². The monoisotopic (exact) mass is 419 g/mol. The molecule has 3 aromatic rings. The number of benzene rings is 1. The molecular formula is C24H22FN3O3. The molecule has 0 fully saturated rings. The number of carbonyl (C=O) groups is 1. The molecule has 6 nitrogen and oxygen atoms in total. The Kier molecular flexibility index (Phi) is 3.76. The second-order valence-electron chi connectivity index (χ2n) is 8.78. The summed E-state index contributed by atoms with van der Waals surface area (Å²) in [6.07, 6.45) is 2.00. The van der Waals surface area contributed by atoms with Gasteiger partial charge in [0.15, 0.2) is 0 Å². The standard InChI is InChI=1S/C24H22FN3O3/c1-3-11-13-6-19-22-14(8-28(19)23(29)15(13)9-31-24(11)30)20-17(26)5-4-12-10(2)16(25)7-18(27-22)21(12)20/h6-7,11,17H,3-5,8-9,26H2,1-2H3/t11-,17-/m0/s1. The molecule has 2 N–H and O–H groups in total. The first-order valence-electron chi connectivity index (χ1n) is 10.7. The molecule has 158 valence electrons. The van der Waals surface area contributed by atoms with E-state index in [0.717, 1.165) is 34.1 Å². The van der Waals surface area contributed by atoms with Crippen LogP contribution in [0.5, 0.6) is 0 Å². The number of halogens is 1. The van der Waals surface area contributed by atoms with Crippen LogP contribution in [0.25, 0.3) is 22.3 Å². The number of carbonyl (C=O) groups excluding carboxylic acids is 1. The minimum atomic E-state index is -0.459. The largest absolute Gasteiger partial charge is 0.460 e. The van der Waals surface area contributed by atoms with Crippen molar-refractivity contribution in [2.24, 2.45) is 5.73 Å². The van der Waals surface area contributed by atoms with E-state index in [2.05, 4.69) is 0 Å². The number of hydrogen-bond donors (Lipinski definition) is 1. The summed E-state index contributed by atoms with van der Waals surface area (Å²) in [6, 6.07) is 3.19. The molecule has 0 spiro atoms. The summed E-state index contributed by atoms with van der Waals surface area (Å²) in [5.74, 6) is -1.03. The van der Waals surface area contributed by atoms with Crippen molar-refractivity contribution in [3.8, 4) is 11.4 Å². The molecule has 0 saturated heterocycles. The number of cyclic esters (lactones) is 1. The van der Waals surface area contributed by atoms with Gasteiger partial charge in [0.1, 0.15) is 12.4 Å². The van der Waals surface area contributed by atoms with Gasteiger partial charge >= 0.3 is 5.97 Å². The van der Waals surface area contributed by atoms with Gasteiger partial charge in [-0.05, 0) is 54.5 Å². The van der Waals surface area contributed by atoms with Crippen LogP contribution in [0, 0.1) is 12.7 Å².